The zero-order valence-electron chi connectivity index (χ0n) is 9.02. The summed E-state index contributed by atoms with van der Waals surface area (Å²) in [6, 6.07) is 2.77. The molecule has 0 aliphatic rings. The van der Waals surface area contributed by atoms with E-state index < -0.39 is 5.91 Å². The van der Waals surface area contributed by atoms with E-state index in [-0.39, 0.29) is 11.3 Å². The first-order valence-corrected chi connectivity index (χ1v) is 4.62. The van der Waals surface area contributed by atoms with E-state index in [0.29, 0.717) is 18.1 Å². The van der Waals surface area contributed by atoms with Crippen molar-refractivity contribution in [1.29, 1.82) is 0 Å². The van der Waals surface area contributed by atoms with Crippen molar-refractivity contribution in [3.8, 4) is 11.5 Å². The molecule has 0 saturated carbocycles. The van der Waals surface area contributed by atoms with E-state index >= 15 is 0 Å². The number of ether oxygens (including phenoxy) is 2. The SMILES string of the molecule is CCOc1cc(C(=O)N=O)c(N)cc1OC. The maximum Gasteiger partial charge on any atom is 0.318 e. The number of hydrogen-bond donors (Lipinski definition) is 1. The lowest BCUT2D eigenvalue weighted by Crippen LogP contribution is -2.04. The predicted molar refractivity (Wildman–Crippen MR) is 58.7 cm³/mol. The van der Waals surface area contributed by atoms with Crippen molar-refractivity contribution in [2.24, 2.45) is 5.18 Å². The van der Waals surface area contributed by atoms with Gasteiger partial charge in [0.25, 0.3) is 0 Å². The first-order valence-electron chi connectivity index (χ1n) is 4.62. The van der Waals surface area contributed by atoms with Crippen LogP contribution in [0.2, 0.25) is 0 Å². The molecule has 0 bridgehead atoms. The minimum Gasteiger partial charge on any atom is -0.493 e. The van der Waals surface area contributed by atoms with Crippen LogP contribution in [0.5, 0.6) is 11.5 Å². The molecule has 0 heterocycles. The van der Waals surface area contributed by atoms with Crippen molar-refractivity contribution in [1.82, 2.24) is 0 Å². The van der Waals surface area contributed by atoms with Crippen LogP contribution in [0, 0.1) is 4.91 Å². The minimum absolute atomic E-state index is 0.0132. The van der Waals surface area contributed by atoms with Crippen LogP contribution < -0.4 is 15.2 Å². The zero-order valence-corrected chi connectivity index (χ0v) is 9.02. The Kier molecular flexibility index (Phi) is 3.82. The summed E-state index contributed by atoms with van der Waals surface area (Å²) in [7, 11) is 1.46. The standard InChI is InChI=1S/C10H12N2O4/c1-3-16-9-4-6(10(13)12-14)7(11)5-8(9)15-2/h4-5H,3,11H2,1-2H3. The second kappa shape index (κ2) is 5.11. The van der Waals surface area contributed by atoms with Crippen molar-refractivity contribution in [2.45, 2.75) is 6.92 Å². The maximum atomic E-state index is 11.1. The quantitative estimate of drug-likeness (QED) is 0.619. The van der Waals surface area contributed by atoms with Crippen molar-refractivity contribution >= 4 is 11.6 Å². The van der Waals surface area contributed by atoms with Gasteiger partial charge in [0.1, 0.15) is 0 Å². The van der Waals surface area contributed by atoms with Gasteiger partial charge in [0.2, 0.25) is 0 Å². The highest BCUT2D eigenvalue weighted by atomic mass is 16.5. The fourth-order valence-electron chi connectivity index (χ4n) is 1.24. The molecule has 1 rings (SSSR count). The van der Waals surface area contributed by atoms with Crippen molar-refractivity contribution in [3.05, 3.63) is 22.6 Å². The molecule has 86 valence electrons. The van der Waals surface area contributed by atoms with Gasteiger partial charge in [-0.05, 0) is 13.0 Å². The molecule has 0 aromatic heterocycles. The number of nitroso groups, excluding NO2 is 1. The molecule has 6 nitrogen and oxygen atoms in total. The van der Waals surface area contributed by atoms with Gasteiger partial charge >= 0.3 is 5.91 Å². The van der Waals surface area contributed by atoms with Gasteiger partial charge in [-0.1, -0.05) is 0 Å². The first-order chi connectivity index (χ1) is 7.63. The van der Waals surface area contributed by atoms with Crippen LogP contribution in [0.4, 0.5) is 5.69 Å². The van der Waals surface area contributed by atoms with Gasteiger partial charge in [-0.15, -0.1) is 4.91 Å². The van der Waals surface area contributed by atoms with E-state index in [2.05, 4.69) is 5.18 Å². The van der Waals surface area contributed by atoms with Gasteiger partial charge < -0.3 is 15.2 Å². The highest BCUT2D eigenvalue weighted by Gasteiger charge is 2.15. The van der Waals surface area contributed by atoms with Crippen molar-refractivity contribution in [2.75, 3.05) is 19.5 Å². The number of nitrogens with zero attached hydrogens (tertiary/aromatic N) is 1. The summed E-state index contributed by atoms with van der Waals surface area (Å²) in [5.74, 6) is -0.172. The summed E-state index contributed by atoms with van der Waals surface area (Å²) < 4.78 is 10.3. The number of rotatable bonds is 4. The number of benzene rings is 1. The van der Waals surface area contributed by atoms with Crippen LogP contribution >= 0.6 is 0 Å². The molecular formula is C10H12N2O4. The topological polar surface area (TPSA) is 91.0 Å². The third-order valence-corrected chi connectivity index (χ3v) is 1.95. The number of hydrogen-bond acceptors (Lipinski definition) is 5. The fourth-order valence-corrected chi connectivity index (χ4v) is 1.24. The molecule has 0 radical (unpaired) electrons. The monoisotopic (exact) mass is 224 g/mol. The molecule has 1 amide bonds. The summed E-state index contributed by atoms with van der Waals surface area (Å²) in [5.41, 5.74) is 5.73. The largest absolute Gasteiger partial charge is 0.493 e. The van der Waals surface area contributed by atoms with Crippen molar-refractivity contribution < 1.29 is 14.3 Å². The molecule has 0 aliphatic carbocycles. The number of carbonyl (C=O) groups is 1. The number of nitrogens with two attached hydrogens (primary N) is 1. The molecule has 0 spiro atoms. The fraction of sp³-hybridized carbons (Fsp3) is 0.300. The van der Waals surface area contributed by atoms with Crippen LogP contribution in [0.3, 0.4) is 0 Å². The average Bonchev–Trinajstić information content (AvgIpc) is 2.30. The molecule has 0 atom stereocenters. The maximum absolute atomic E-state index is 11.1. The van der Waals surface area contributed by atoms with Gasteiger partial charge in [-0.2, -0.15) is 0 Å². The molecule has 0 fully saturated rings. The Morgan fingerprint density at radius 3 is 2.62 bits per heavy atom. The average molecular weight is 224 g/mol. The van der Waals surface area contributed by atoms with E-state index in [1.54, 1.807) is 6.92 Å². The Balaban J connectivity index is 3.26. The number of anilines is 1. The van der Waals surface area contributed by atoms with Gasteiger partial charge in [0.15, 0.2) is 11.5 Å². The van der Waals surface area contributed by atoms with Crippen LogP contribution in [0.15, 0.2) is 17.3 Å². The lowest BCUT2D eigenvalue weighted by Gasteiger charge is -2.11. The molecule has 1 aromatic rings. The molecule has 1 aromatic carbocycles. The first kappa shape index (κ1) is 12.0. The van der Waals surface area contributed by atoms with E-state index in [4.69, 9.17) is 15.2 Å². The van der Waals surface area contributed by atoms with Crippen LogP contribution in [0.25, 0.3) is 0 Å². The van der Waals surface area contributed by atoms with Gasteiger partial charge in [-0.3, -0.25) is 4.79 Å². The number of methoxy groups -OCH3 is 1. The third-order valence-electron chi connectivity index (χ3n) is 1.95. The van der Waals surface area contributed by atoms with Crippen LogP contribution in [-0.2, 0) is 0 Å². The summed E-state index contributed by atoms with van der Waals surface area (Å²) in [6.45, 7) is 2.19. The smallest absolute Gasteiger partial charge is 0.318 e. The van der Waals surface area contributed by atoms with E-state index in [9.17, 15) is 9.70 Å². The Hall–Kier alpha value is -2.11. The molecule has 0 aliphatic heterocycles. The summed E-state index contributed by atoms with van der Waals surface area (Å²) in [5, 5.41) is 2.31. The minimum atomic E-state index is -0.930. The Morgan fingerprint density at radius 1 is 1.44 bits per heavy atom. The Labute approximate surface area is 92.3 Å². The number of carbonyl (C=O) groups excluding carboxylic acids is 1. The van der Waals surface area contributed by atoms with Crippen LogP contribution in [0.1, 0.15) is 17.3 Å². The van der Waals surface area contributed by atoms with Gasteiger partial charge in [0, 0.05) is 16.9 Å². The van der Waals surface area contributed by atoms with Gasteiger partial charge in [-0.25, -0.2) is 0 Å². The second-order valence-corrected chi connectivity index (χ2v) is 2.92. The summed E-state index contributed by atoms with van der Waals surface area (Å²) in [6.07, 6.45) is 0. The molecule has 16 heavy (non-hydrogen) atoms. The molecule has 6 heteroatoms. The van der Waals surface area contributed by atoms with Gasteiger partial charge in [0.05, 0.1) is 19.3 Å². The molecule has 0 saturated heterocycles. The third kappa shape index (κ3) is 2.28. The normalized spacial score (nSPS) is 9.62. The van der Waals surface area contributed by atoms with E-state index in [1.165, 1.54) is 19.2 Å². The molecule has 2 N–H and O–H groups in total. The molecular weight excluding hydrogens is 212 g/mol. The Morgan fingerprint density at radius 2 is 2.12 bits per heavy atom. The number of nitrogen functional groups attached to an aromatic ring is 1. The van der Waals surface area contributed by atoms with Crippen LogP contribution in [-0.4, -0.2) is 19.6 Å². The van der Waals surface area contributed by atoms with E-state index in [1.807, 2.05) is 0 Å². The zero-order chi connectivity index (χ0) is 12.1. The summed E-state index contributed by atoms with van der Waals surface area (Å²) in [4.78, 5) is 21.3. The highest BCUT2D eigenvalue weighted by molar-refractivity contribution is 6.00. The second-order valence-electron chi connectivity index (χ2n) is 2.92. The van der Waals surface area contributed by atoms with Crippen molar-refractivity contribution in [3.63, 3.8) is 0 Å². The Bertz CT molecular complexity index is 418. The highest BCUT2D eigenvalue weighted by Crippen LogP contribution is 2.32. The predicted octanol–water partition coefficient (Wildman–Crippen LogP) is 1.58. The molecule has 0 unspecified atom stereocenters. The van der Waals surface area contributed by atoms with E-state index in [0.717, 1.165) is 0 Å². The number of amides is 1. The lowest BCUT2D eigenvalue weighted by molar-refractivity contribution is 0.100. The summed E-state index contributed by atoms with van der Waals surface area (Å²) >= 11 is 0. The lowest BCUT2D eigenvalue weighted by atomic mass is 10.1.